The topological polar surface area (TPSA) is 125 Å². The molecule has 0 unspecified atom stereocenters. The zero-order chi connectivity index (χ0) is 39.3. The fourth-order valence-electron chi connectivity index (χ4n) is 9.37. The lowest BCUT2D eigenvalue weighted by molar-refractivity contribution is -0.178. The first-order valence-electron chi connectivity index (χ1n) is 18.8. The van der Waals surface area contributed by atoms with E-state index in [1.807, 2.05) is 24.0 Å². The minimum Gasteiger partial charge on any atom is -0.497 e. The molecule has 0 bridgehead atoms. The van der Waals surface area contributed by atoms with E-state index in [-0.39, 0.29) is 54.7 Å². The highest BCUT2D eigenvalue weighted by Gasteiger charge is 2.62. The number of rotatable bonds is 12. The molecule has 3 atom stereocenters. The summed E-state index contributed by atoms with van der Waals surface area (Å²) in [5.74, 6) is 0.739. The number of hydrogen-bond donors (Lipinski definition) is 0. The molecule has 15 heteroatoms. The van der Waals surface area contributed by atoms with Crippen LogP contribution in [0.25, 0.3) is 0 Å². The van der Waals surface area contributed by atoms with Gasteiger partial charge in [-0.1, -0.05) is 35.7 Å². The summed E-state index contributed by atoms with van der Waals surface area (Å²) in [6.45, 7) is 2.51. The number of esters is 1. The molecule has 4 aliphatic rings. The number of methoxy groups -OCH3 is 3. The van der Waals surface area contributed by atoms with Crippen LogP contribution in [0, 0.1) is 16.2 Å². The van der Waals surface area contributed by atoms with Crippen molar-refractivity contribution in [1.82, 2.24) is 24.8 Å². The molecular formula is C40H48ClF2N5O7. The van der Waals surface area contributed by atoms with Gasteiger partial charge in [-0.15, -0.1) is 5.10 Å². The lowest BCUT2D eigenvalue weighted by Crippen LogP contribution is -2.60. The molecule has 12 nitrogen and oxygen atoms in total. The highest BCUT2D eigenvalue weighted by atomic mass is 35.5. The number of fused-ring (bicyclic) bond motifs is 1. The Morgan fingerprint density at radius 1 is 1.04 bits per heavy atom. The quantitative estimate of drug-likeness (QED) is 0.191. The first-order valence-corrected chi connectivity index (χ1v) is 19.2. The molecule has 55 heavy (non-hydrogen) atoms. The van der Waals surface area contributed by atoms with Crippen molar-refractivity contribution in [2.75, 3.05) is 41.0 Å². The Morgan fingerprint density at radius 2 is 1.80 bits per heavy atom. The predicted molar refractivity (Wildman–Crippen MR) is 197 cm³/mol. The molecule has 1 spiro atoms. The molecule has 296 valence electrons. The average molecular weight is 784 g/mol. The van der Waals surface area contributed by atoms with Crippen LogP contribution >= 0.6 is 11.6 Å². The molecule has 3 fully saturated rings. The highest BCUT2D eigenvalue weighted by molar-refractivity contribution is 6.31. The van der Waals surface area contributed by atoms with Crippen molar-refractivity contribution in [1.29, 1.82) is 0 Å². The number of halogens is 3. The van der Waals surface area contributed by atoms with Gasteiger partial charge in [0.2, 0.25) is 11.8 Å². The third-order valence-corrected chi connectivity index (χ3v) is 13.1. The number of amides is 2. The normalized spacial score (nSPS) is 24.2. The first kappa shape index (κ1) is 38.8. The highest BCUT2D eigenvalue weighted by Crippen LogP contribution is 2.57. The SMILES string of the molecule is COC(=O)[C@@]1(C)CCCC[C@]1(Cc1ccc(OC)cc1OC)C(=O)N1CCc2c(Cl)ccc(OCc3nnn(C)c3C(F)F)c2[C@H]1CN1CC2(CC2)CC1=O. The van der Waals surface area contributed by atoms with Crippen LogP contribution in [-0.4, -0.2) is 83.5 Å². The van der Waals surface area contributed by atoms with Crippen LogP contribution in [0.1, 0.15) is 92.4 Å². The van der Waals surface area contributed by atoms with Gasteiger partial charge in [-0.3, -0.25) is 14.4 Å². The number of aryl methyl sites for hydroxylation is 1. The van der Waals surface area contributed by atoms with Gasteiger partial charge in [0.15, 0.2) is 0 Å². The number of benzene rings is 2. The molecule has 2 aromatic carbocycles. The number of ether oxygens (including phenoxy) is 4. The molecular weight excluding hydrogens is 736 g/mol. The third-order valence-electron chi connectivity index (χ3n) is 12.7. The lowest BCUT2D eigenvalue weighted by atomic mass is 9.53. The smallest absolute Gasteiger partial charge is 0.312 e. The Morgan fingerprint density at radius 3 is 2.47 bits per heavy atom. The van der Waals surface area contributed by atoms with Crippen LogP contribution in [0.2, 0.25) is 5.02 Å². The summed E-state index contributed by atoms with van der Waals surface area (Å²) in [5, 5.41) is 8.19. The summed E-state index contributed by atoms with van der Waals surface area (Å²) in [4.78, 5) is 47.2. The second kappa shape index (κ2) is 14.9. The van der Waals surface area contributed by atoms with E-state index in [0.29, 0.717) is 66.5 Å². The maximum Gasteiger partial charge on any atom is 0.312 e. The number of hydrogen-bond acceptors (Lipinski definition) is 9. The van der Waals surface area contributed by atoms with Gasteiger partial charge in [0.05, 0.1) is 38.2 Å². The van der Waals surface area contributed by atoms with Crippen LogP contribution in [0.4, 0.5) is 8.78 Å². The molecule has 7 rings (SSSR count). The predicted octanol–water partition coefficient (Wildman–Crippen LogP) is 6.42. The van der Waals surface area contributed by atoms with E-state index < -0.39 is 29.3 Å². The van der Waals surface area contributed by atoms with Gasteiger partial charge in [0, 0.05) is 49.8 Å². The Kier molecular flexibility index (Phi) is 10.5. The monoisotopic (exact) mass is 783 g/mol. The second-order valence-corrected chi connectivity index (χ2v) is 16.2. The zero-order valence-electron chi connectivity index (χ0n) is 32.0. The van der Waals surface area contributed by atoms with Crippen molar-refractivity contribution in [3.63, 3.8) is 0 Å². The molecule has 2 aliphatic heterocycles. The summed E-state index contributed by atoms with van der Waals surface area (Å²) in [5.41, 5.74) is -0.842. The largest absolute Gasteiger partial charge is 0.497 e. The number of alkyl halides is 2. The van der Waals surface area contributed by atoms with Crippen molar-refractivity contribution in [3.8, 4) is 17.2 Å². The van der Waals surface area contributed by atoms with Crippen LogP contribution in [0.15, 0.2) is 30.3 Å². The van der Waals surface area contributed by atoms with Crippen molar-refractivity contribution < 1.29 is 42.1 Å². The number of aromatic nitrogens is 3. The summed E-state index contributed by atoms with van der Waals surface area (Å²) in [6.07, 6.45) is 2.34. The van der Waals surface area contributed by atoms with E-state index in [0.717, 1.165) is 35.1 Å². The molecule has 0 N–H and O–H groups in total. The summed E-state index contributed by atoms with van der Waals surface area (Å²) >= 11 is 6.89. The second-order valence-electron chi connectivity index (χ2n) is 15.8. The fourth-order valence-corrected chi connectivity index (χ4v) is 9.63. The number of carbonyl (C=O) groups excluding carboxylic acids is 3. The fraction of sp³-hybridized carbons (Fsp3) is 0.575. The molecule has 1 saturated heterocycles. The van der Waals surface area contributed by atoms with E-state index in [9.17, 15) is 18.4 Å². The standard InChI is InChI=1S/C40H48ClF2N5O7/c1-38(37(51)54-5)13-6-7-14-40(38,19-24-8-9-25(52-3)18-31(24)53-4)36(50)48-17-12-26-27(41)10-11-30(55-22-28-34(35(42)43)46(2)45-44-28)33(26)29(48)21-47-23-39(15-16-39)20-32(47)49/h8-11,18,29,35H,6-7,12-17,19-23H2,1-5H3/t29-,38-,40+/m1/s1. The van der Waals surface area contributed by atoms with Crippen molar-refractivity contribution in [2.45, 2.75) is 83.8 Å². The van der Waals surface area contributed by atoms with Crippen molar-refractivity contribution in [3.05, 3.63) is 63.4 Å². The van der Waals surface area contributed by atoms with Crippen molar-refractivity contribution in [2.24, 2.45) is 23.3 Å². The van der Waals surface area contributed by atoms with Crippen LogP contribution in [-0.2, 0) is 45.6 Å². The summed E-state index contributed by atoms with van der Waals surface area (Å²) < 4.78 is 52.1. The molecule has 3 aromatic rings. The maximum absolute atomic E-state index is 15.9. The van der Waals surface area contributed by atoms with Crippen molar-refractivity contribution >= 4 is 29.4 Å². The van der Waals surface area contributed by atoms with Gasteiger partial charge in [0.25, 0.3) is 6.43 Å². The molecule has 2 saturated carbocycles. The number of nitrogens with zero attached hydrogens (tertiary/aromatic N) is 5. The Labute approximate surface area is 324 Å². The molecule has 2 amide bonds. The maximum atomic E-state index is 15.9. The van der Waals surface area contributed by atoms with Gasteiger partial charge in [-0.25, -0.2) is 13.5 Å². The van der Waals surface area contributed by atoms with Crippen LogP contribution in [0.3, 0.4) is 0 Å². The van der Waals surface area contributed by atoms with Gasteiger partial charge in [0.1, 0.15) is 35.2 Å². The van der Waals surface area contributed by atoms with Gasteiger partial charge in [-0.2, -0.15) is 0 Å². The third kappa shape index (κ3) is 6.78. The molecule has 1 aromatic heterocycles. The Balaban J connectivity index is 1.35. The van der Waals surface area contributed by atoms with Crippen LogP contribution < -0.4 is 14.2 Å². The minimum atomic E-state index is -2.82. The van der Waals surface area contributed by atoms with Gasteiger partial charge in [-0.05, 0) is 80.2 Å². The van der Waals surface area contributed by atoms with E-state index in [4.69, 9.17) is 30.5 Å². The van der Waals surface area contributed by atoms with E-state index >= 15 is 4.79 Å². The van der Waals surface area contributed by atoms with E-state index in [1.165, 1.54) is 14.2 Å². The molecule has 2 aliphatic carbocycles. The van der Waals surface area contributed by atoms with E-state index in [1.54, 1.807) is 37.3 Å². The molecule has 0 radical (unpaired) electrons. The zero-order valence-corrected chi connectivity index (χ0v) is 32.7. The Bertz CT molecular complexity index is 1990. The first-order chi connectivity index (χ1) is 26.3. The minimum absolute atomic E-state index is 0.0115. The van der Waals surface area contributed by atoms with E-state index in [2.05, 4.69) is 10.3 Å². The number of likely N-dealkylation sites (tertiary alicyclic amines) is 1. The summed E-state index contributed by atoms with van der Waals surface area (Å²) in [6, 6.07) is 8.07. The number of carbonyl (C=O) groups is 3. The Hall–Kier alpha value is -4.46. The summed E-state index contributed by atoms with van der Waals surface area (Å²) in [7, 11) is 5.86. The van der Waals surface area contributed by atoms with Gasteiger partial charge >= 0.3 is 5.97 Å². The lowest BCUT2D eigenvalue weighted by Gasteiger charge is -2.53. The van der Waals surface area contributed by atoms with Gasteiger partial charge < -0.3 is 28.7 Å². The van der Waals surface area contributed by atoms with Crippen LogP contribution in [0.5, 0.6) is 17.2 Å². The molecule has 3 heterocycles. The average Bonchev–Trinajstić information content (AvgIpc) is 3.71.